The van der Waals surface area contributed by atoms with Gasteiger partial charge in [0.1, 0.15) is 0 Å². The second-order valence-corrected chi connectivity index (χ2v) is 15.4. The Morgan fingerprint density at radius 1 is 0.509 bits per heavy atom. The minimum absolute atomic E-state index is 0.0221. The number of aromatic nitrogens is 2. The van der Waals surface area contributed by atoms with Crippen molar-refractivity contribution in [1.82, 2.24) is 18.9 Å². The van der Waals surface area contributed by atoms with Crippen LogP contribution < -0.4 is 0 Å². The molecule has 3 aromatic heterocycles. The van der Waals surface area contributed by atoms with E-state index >= 15 is 0 Å². The zero-order chi connectivity index (χ0) is 35.2. The summed E-state index contributed by atoms with van der Waals surface area (Å²) >= 11 is 1.89. The molecule has 10 aromatic rings. The summed E-state index contributed by atoms with van der Waals surface area (Å²) in [5.74, 6) is 0. The predicted octanol–water partition coefficient (Wildman–Crippen LogP) is 12.3. The summed E-state index contributed by atoms with van der Waals surface area (Å²) in [5, 5.41) is 7.78. The molecule has 4 nitrogen and oxygen atoms in total. The molecule has 5 heteroatoms. The lowest BCUT2D eigenvalue weighted by atomic mass is 10.0. The summed E-state index contributed by atoms with van der Waals surface area (Å²) in [6.07, 6.45) is 2.35. The van der Waals surface area contributed by atoms with Crippen molar-refractivity contribution in [2.75, 3.05) is 20.6 Å². The summed E-state index contributed by atoms with van der Waals surface area (Å²) in [4.78, 5) is 4.89. The molecular formula is C48H36N4S. The van der Waals surface area contributed by atoms with Crippen molar-refractivity contribution in [3.8, 4) is 16.8 Å². The summed E-state index contributed by atoms with van der Waals surface area (Å²) in [6, 6.07) is 58.0. The van der Waals surface area contributed by atoms with Gasteiger partial charge in [-0.15, -0.1) is 11.3 Å². The lowest BCUT2D eigenvalue weighted by molar-refractivity contribution is 0.0715. The van der Waals surface area contributed by atoms with Gasteiger partial charge in [0.15, 0.2) is 6.29 Å². The van der Waals surface area contributed by atoms with E-state index in [1.807, 2.05) is 11.3 Å². The number of thiophene rings is 1. The fraction of sp³-hybridized carbons (Fsp3) is 0.0833. The van der Waals surface area contributed by atoms with E-state index in [2.05, 4.69) is 197 Å². The van der Waals surface area contributed by atoms with E-state index in [-0.39, 0.29) is 6.29 Å². The number of likely N-dealkylation sites (N-methyl/N-ethyl adjacent to an activating group) is 1. The van der Waals surface area contributed by atoms with Crippen molar-refractivity contribution in [2.24, 2.45) is 0 Å². The Bertz CT molecular complexity index is 3050. The molecule has 0 spiro atoms. The highest BCUT2D eigenvalue weighted by atomic mass is 32.1. The Hall–Kier alpha value is -6.14. The van der Waals surface area contributed by atoms with Crippen LogP contribution in [0.4, 0.5) is 0 Å². The quantitative estimate of drug-likeness (QED) is 0.182. The van der Waals surface area contributed by atoms with Crippen LogP contribution in [0.5, 0.6) is 0 Å². The Kier molecular flexibility index (Phi) is 6.72. The fourth-order valence-electron chi connectivity index (χ4n) is 8.98. The molecule has 1 aliphatic heterocycles. The summed E-state index contributed by atoms with van der Waals surface area (Å²) < 4.78 is 7.63. The van der Waals surface area contributed by atoms with Gasteiger partial charge in [0.25, 0.3) is 0 Å². The monoisotopic (exact) mass is 700 g/mol. The van der Waals surface area contributed by atoms with Crippen molar-refractivity contribution in [3.63, 3.8) is 0 Å². The maximum absolute atomic E-state index is 2.54. The second-order valence-electron chi connectivity index (χ2n) is 14.3. The van der Waals surface area contributed by atoms with Crippen molar-refractivity contribution < 1.29 is 0 Å². The first-order valence-electron chi connectivity index (χ1n) is 18.3. The molecule has 53 heavy (non-hydrogen) atoms. The van der Waals surface area contributed by atoms with Gasteiger partial charge in [-0.1, -0.05) is 109 Å². The molecule has 1 aliphatic rings. The number of fused-ring (bicyclic) bond motifs is 9. The summed E-state index contributed by atoms with van der Waals surface area (Å²) in [6.45, 7) is 0.837. The summed E-state index contributed by atoms with van der Waals surface area (Å²) in [7, 11) is 4.48. The first-order valence-corrected chi connectivity index (χ1v) is 19.1. The largest absolute Gasteiger partial charge is 0.341 e. The molecule has 11 rings (SSSR count). The van der Waals surface area contributed by atoms with Crippen LogP contribution in [0.3, 0.4) is 0 Å². The maximum Gasteiger partial charge on any atom is 0.164 e. The number of para-hydroxylation sites is 3. The van der Waals surface area contributed by atoms with Crippen LogP contribution in [0.25, 0.3) is 86.3 Å². The molecule has 0 fully saturated rings. The van der Waals surface area contributed by atoms with Crippen LogP contribution in [-0.4, -0.2) is 39.6 Å². The Balaban J connectivity index is 1.03. The highest BCUT2D eigenvalue weighted by Gasteiger charge is 2.30. The fourth-order valence-corrected chi connectivity index (χ4v) is 10.2. The van der Waals surface area contributed by atoms with Crippen molar-refractivity contribution in [1.29, 1.82) is 0 Å². The molecule has 1 atom stereocenters. The molecular weight excluding hydrogens is 665 g/mol. The average Bonchev–Trinajstić information content (AvgIpc) is 3.86. The van der Waals surface area contributed by atoms with E-state index in [4.69, 9.17) is 0 Å². The second kappa shape index (κ2) is 11.7. The van der Waals surface area contributed by atoms with Crippen LogP contribution in [0.1, 0.15) is 11.9 Å². The van der Waals surface area contributed by atoms with E-state index in [9.17, 15) is 0 Å². The van der Waals surface area contributed by atoms with E-state index in [0.29, 0.717) is 0 Å². The highest BCUT2D eigenvalue weighted by molar-refractivity contribution is 7.26. The molecule has 0 saturated carbocycles. The third-order valence-electron chi connectivity index (χ3n) is 11.3. The first-order chi connectivity index (χ1) is 26.1. The van der Waals surface area contributed by atoms with Crippen molar-refractivity contribution >= 4 is 80.8 Å². The van der Waals surface area contributed by atoms with Gasteiger partial charge in [0, 0.05) is 66.7 Å². The first kappa shape index (κ1) is 30.5. The average molecular weight is 701 g/mol. The van der Waals surface area contributed by atoms with Gasteiger partial charge in [0.05, 0.1) is 22.1 Å². The zero-order valence-electron chi connectivity index (χ0n) is 29.6. The molecule has 0 amide bonds. The smallest absolute Gasteiger partial charge is 0.164 e. The van der Waals surface area contributed by atoms with Crippen LogP contribution in [0.2, 0.25) is 0 Å². The van der Waals surface area contributed by atoms with Gasteiger partial charge in [-0.3, -0.25) is 4.90 Å². The molecule has 0 radical (unpaired) electrons. The van der Waals surface area contributed by atoms with Gasteiger partial charge >= 0.3 is 0 Å². The minimum Gasteiger partial charge on any atom is -0.341 e. The molecule has 7 aromatic carbocycles. The van der Waals surface area contributed by atoms with Crippen molar-refractivity contribution in [3.05, 3.63) is 169 Å². The van der Waals surface area contributed by atoms with E-state index in [1.54, 1.807) is 0 Å². The van der Waals surface area contributed by atoms with Crippen LogP contribution in [0.15, 0.2) is 164 Å². The van der Waals surface area contributed by atoms with Gasteiger partial charge in [-0.2, -0.15) is 0 Å². The topological polar surface area (TPSA) is 16.3 Å². The van der Waals surface area contributed by atoms with Crippen LogP contribution in [-0.2, 0) is 0 Å². The Morgan fingerprint density at radius 3 is 1.91 bits per heavy atom. The van der Waals surface area contributed by atoms with Gasteiger partial charge in [-0.05, 0) is 78.3 Å². The number of rotatable bonds is 4. The molecule has 0 N–H and O–H groups in total. The SMILES string of the molecule is CN1CC=C(c2cccc(-n3c4ccccc4c4ccccc43)c2)N(C)C1n1c2ccccc2c2cc(-c3cccc4c3sc3ccccc34)ccc21. The molecule has 0 aliphatic carbocycles. The molecule has 4 heterocycles. The number of hydrogen-bond acceptors (Lipinski definition) is 3. The zero-order valence-corrected chi connectivity index (χ0v) is 30.4. The molecule has 0 saturated heterocycles. The predicted molar refractivity (Wildman–Crippen MR) is 226 cm³/mol. The lowest BCUT2D eigenvalue weighted by Crippen LogP contribution is -2.43. The van der Waals surface area contributed by atoms with E-state index in [0.717, 1.165) is 6.54 Å². The number of hydrogen-bond donors (Lipinski definition) is 0. The van der Waals surface area contributed by atoms with Gasteiger partial charge < -0.3 is 14.0 Å². The van der Waals surface area contributed by atoms with E-state index < -0.39 is 0 Å². The highest BCUT2D eigenvalue weighted by Crippen LogP contribution is 2.43. The molecule has 0 bridgehead atoms. The Labute approximate surface area is 311 Å². The molecule has 254 valence electrons. The van der Waals surface area contributed by atoms with Gasteiger partial charge in [-0.25, -0.2) is 0 Å². The van der Waals surface area contributed by atoms with Crippen LogP contribution >= 0.6 is 11.3 Å². The maximum atomic E-state index is 2.54. The normalized spacial score (nSPS) is 15.5. The lowest BCUT2D eigenvalue weighted by Gasteiger charge is -2.43. The van der Waals surface area contributed by atoms with Gasteiger partial charge in [0.2, 0.25) is 0 Å². The summed E-state index contributed by atoms with van der Waals surface area (Å²) in [5.41, 5.74) is 11.1. The minimum atomic E-state index is -0.0221. The van der Waals surface area contributed by atoms with Crippen molar-refractivity contribution in [2.45, 2.75) is 6.29 Å². The number of nitrogens with zero attached hydrogens (tertiary/aromatic N) is 4. The molecule has 1 unspecified atom stereocenters. The Morgan fingerprint density at radius 2 is 1.13 bits per heavy atom. The third kappa shape index (κ3) is 4.51. The number of benzene rings is 7. The van der Waals surface area contributed by atoms with E-state index in [1.165, 1.54) is 91.9 Å². The standard InChI is InChI=1S/C48H36N4S/c1-49-28-27-41(32-13-11-14-33(29-32)51-42-21-7-3-15-35(42)36-16-4-8-22-43(36)51)50(2)48(49)52-44-23-9-5-17-37(44)40-30-31(25-26-45(40)52)34-19-12-20-39-38-18-6-10-24-46(38)53-47(34)39/h3-27,29-30,48H,28H2,1-2H3. The third-order valence-corrected chi connectivity index (χ3v) is 12.5. The van der Waals surface area contributed by atoms with Crippen LogP contribution in [0, 0.1) is 0 Å².